The number of rotatable bonds is 3. The first-order valence-corrected chi connectivity index (χ1v) is 12.0. The Morgan fingerprint density at radius 1 is 1.18 bits per heavy atom. The highest BCUT2D eigenvalue weighted by atomic mass is 35.5. The lowest BCUT2D eigenvalue weighted by Gasteiger charge is -2.26. The predicted molar refractivity (Wildman–Crippen MR) is 115 cm³/mol. The first-order valence-electron chi connectivity index (χ1n) is 8.95. The lowest BCUT2D eigenvalue weighted by Crippen LogP contribution is -2.28. The number of thioether (sulfide) groups is 1. The molecule has 0 N–H and O–H groups in total. The minimum absolute atomic E-state index is 0.0444. The second-order valence-corrected chi connectivity index (χ2v) is 11.1. The molecule has 0 spiro atoms. The molecule has 28 heavy (non-hydrogen) atoms. The van der Waals surface area contributed by atoms with Crippen molar-refractivity contribution in [2.45, 2.75) is 31.7 Å². The zero-order chi connectivity index (χ0) is 20.1. The highest BCUT2D eigenvalue weighted by Gasteiger charge is 2.44. The SMILES string of the molecule is Cc1cc(C)cc(N(Cc2ccc(F)cc2Cl)C2=NC3CS(=O)(=O)CC3S2)c1. The van der Waals surface area contributed by atoms with Crippen molar-refractivity contribution in [3.63, 3.8) is 0 Å². The van der Waals surface area contributed by atoms with Gasteiger partial charge in [-0.2, -0.15) is 0 Å². The van der Waals surface area contributed by atoms with Crippen LogP contribution in [0.25, 0.3) is 0 Å². The summed E-state index contributed by atoms with van der Waals surface area (Å²) in [6.07, 6.45) is 0. The molecule has 0 aliphatic carbocycles. The summed E-state index contributed by atoms with van der Waals surface area (Å²) in [6.45, 7) is 4.49. The van der Waals surface area contributed by atoms with Crippen LogP contribution >= 0.6 is 23.4 Å². The first kappa shape index (κ1) is 19.7. The summed E-state index contributed by atoms with van der Waals surface area (Å²) in [4.78, 5) is 6.78. The topological polar surface area (TPSA) is 49.7 Å². The summed E-state index contributed by atoms with van der Waals surface area (Å²) in [6, 6.07) is 10.4. The molecule has 0 radical (unpaired) electrons. The van der Waals surface area contributed by atoms with Crippen LogP contribution in [0.1, 0.15) is 16.7 Å². The number of amidine groups is 1. The Labute approximate surface area is 173 Å². The van der Waals surface area contributed by atoms with E-state index in [9.17, 15) is 12.8 Å². The largest absolute Gasteiger partial charge is 0.317 e. The van der Waals surface area contributed by atoms with Crippen LogP contribution in [0.3, 0.4) is 0 Å². The van der Waals surface area contributed by atoms with Crippen molar-refractivity contribution >= 4 is 44.1 Å². The van der Waals surface area contributed by atoms with Crippen LogP contribution in [0.5, 0.6) is 0 Å². The van der Waals surface area contributed by atoms with E-state index in [0.29, 0.717) is 11.6 Å². The van der Waals surface area contributed by atoms with E-state index in [-0.39, 0.29) is 28.6 Å². The number of hydrogen-bond donors (Lipinski definition) is 0. The van der Waals surface area contributed by atoms with Crippen LogP contribution < -0.4 is 4.90 Å². The van der Waals surface area contributed by atoms with E-state index in [1.54, 1.807) is 6.07 Å². The Hall–Kier alpha value is -1.57. The van der Waals surface area contributed by atoms with Crippen molar-refractivity contribution < 1.29 is 12.8 Å². The fourth-order valence-corrected chi connectivity index (χ4v) is 7.67. The number of sulfone groups is 1. The highest BCUT2D eigenvalue weighted by Crippen LogP contribution is 2.38. The lowest BCUT2D eigenvalue weighted by atomic mass is 10.1. The summed E-state index contributed by atoms with van der Waals surface area (Å²) in [5.41, 5.74) is 4.00. The molecule has 0 aromatic heterocycles. The zero-order valence-corrected chi connectivity index (χ0v) is 17.9. The van der Waals surface area contributed by atoms with Gasteiger partial charge in [0.15, 0.2) is 15.0 Å². The molecule has 4 rings (SSSR count). The lowest BCUT2D eigenvalue weighted by molar-refractivity contribution is 0.601. The van der Waals surface area contributed by atoms with E-state index in [1.165, 1.54) is 23.9 Å². The number of aliphatic imine (C=N–C) groups is 1. The molecule has 1 fully saturated rings. The molecule has 148 valence electrons. The average molecular weight is 439 g/mol. The molecule has 2 aliphatic heterocycles. The van der Waals surface area contributed by atoms with Crippen molar-refractivity contribution in [2.75, 3.05) is 16.4 Å². The van der Waals surface area contributed by atoms with Crippen molar-refractivity contribution in [1.29, 1.82) is 0 Å². The van der Waals surface area contributed by atoms with E-state index in [1.807, 2.05) is 13.8 Å². The third kappa shape index (κ3) is 4.07. The quantitative estimate of drug-likeness (QED) is 0.713. The standard InChI is InChI=1S/C20H20ClFN2O2S2/c1-12-5-13(2)7-16(6-12)24(9-14-3-4-15(22)8-17(14)21)20-23-18-10-28(25,26)11-19(18)27-20/h3-8,18-19H,9-11H2,1-2H3. The van der Waals surface area contributed by atoms with Crippen molar-refractivity contribution in [3.05, 3.63) is 63.9 Å². The van der Waals surface area contributed by atoms with Crippen LogP contribution in [0.15, 0.2) is 41.4 Å². The number of hydrogen-bond acceptors (Lipinski definition) is 5. The number of anilines is 1. The van der Waals surface area contributed by atoms with E-state index in [0.717, 1.165) is 27.5 Å². The number of halogens is 2. The van der Waals surface area contributed by atoms with Crippen LogP contribution in [0, 0.1) is 19.7 Å². The van der Waals surface area contributed by atoms with E-state index in [4.69, 9.17) is 16.6 Å². The van der Waals surface area contributed by atoms with Crippen LogP contribution in [0.2, 0.25) is 5.02 Å². The summed E-state index contributed by atoms with van der Waals surface area (Å²) in [5, 5.41) is 1.10. The maximum Gasteiger partial charge on any atom is 0.164 e. The van der Waals surface area contributed by atoms with Gasteiger partial charge in [0.1, 0.15) is 5.82 Å². The number of fused-ring (bicyclic) bond motifs is 1. The van der Waals surface area contributed by atoms with Crippen molar-refractivity contribution in [2.24, 2.45) is 4.99 Å². The van der Waals surface area contributed by atoms with Gasteiger partial charge in [0.2, 0.25) is 0 Å². The van der Waals surface area contributed by atoms with E-state index in [2.05, 4.69) is 23.1 Å². The van der Waals surface area contributed by atoms with Gasteiger partial charge in [-0.3, -0.25) is 4.99 Å². The molecule has 4 nitrogen and oxygen atoms in total. The van der Waals surface area contributed by atoms with Crippen molar-refractivity contribution in [3.8, 4) is 0 Å². The second-order valence-electron chi connectivity index (χ2n) is 7.38. The number of nitrogens with zero attached hydrogens (tertiary/aromatic N) is 2. The first-order chi connectivity index (χ1) is 13.2. The van der Waals surface area contributed by atoms with Gasteiger partial charge in [-0.25, -0.2) is 12.8 Å². The van der Waals surface area contributed by atoms with Gasteiger partial charge < -0.3 is 4.90 Å². The molecule has 2 unspecified atom stereocenters. The molecule has 8 heteroatoms. The van der Waals surface area contributed by atoms with Crippen LogP contribution in [-0.2, 0) is 16.4 Å². The van der Waals surface area contributed by atoms with E-state index >= 15 is 0 Å². The molecule has 2 atom stereocenters. The van der Waals surface area contributed by atoms with Gasteiger partial charge in [-0.05, 0) is 54.8 Å². The van der Waals surface area contributed by atoms with Gasteiger partial charge in [0.05, 0.1) is 24.1 Å². The Morgan fingerprint density at radius 2 is 1.89 bits per heavy atom. The summed E-state index contributed by atoms with van der Waals surface area (Å²) in [5.74, 6) is -0.113. The van der Waals surface area contributed by atoms with Gasteiger partial charge >= 0.3 is 0 Å². The number of aryl methyl sites for hydroxylation is 2. The monoisotopic (exact) mass is 438 g/mol. The molecule has 2 aromatic carbocycles. The van der Waals surface area contributed by atoms with Crippen molar-refractivity contribution in [1.82, 2.24) is 0 Å². The molecule has 2 aromatic rings. The maximum absolute atomic E-state index is 13.5. The number of benzene rings is 2. The Morgan fingerprint density at radius 3 is 2.54 bits per heavy atom. The molecule has 1 saturated heterocycles. The molecular formula is C20H20ClFN2O2S2. The molecule has 2 heterocycles. The molecule has 0 bridgehead atoms. The third-order valence-electron chi connectivity index (χ3n) is 4.90. The predicted octanol–water partition coefficient (Wildman–Crippen LogP) is 4.37. The van der Waals surface area contributed by atoms with Gasteiger partial charge in [-0.15, -0.1) is 0 Å². The average Bonchev–Trinajstić information content (AvgIpc) is 3.06. The molecule has 0 saturated carbocycles. The third-order valence-corrected chi connectivity index (χ3v) is 8.50. The molecule has 0 amide bonds. The Balaban J connectivity index is 1.72. The van der Waals surface area contributed by atoms with E-state index < -0.39 is 9.84 Å². The fraction of sp³-hybridized carbons (Fsp3) is 0.350. The second kappa shape index (κ2) is 7.35. The molecule has 2 aliphatic rings. The van der Waals surface area contributed by atoms with Crippen LogP contribution in [0.4, 0.5) is 10.1 Å². The summed E-state index contributed by atoms with van der Waals surface area (Å²) in [7, 11) is -3.01. The smallest absolute Gasteiger partial charge is 0.164 e. The van der Waals surface area contributed by atoms with Gasteiger partial charge in [0, 0.05) is 16.0 Å². The Kier molecular flexibility index (Phi) is 5.18. The molecular weight excluding hydrogens is 419 g/mol. The fourth-order valence-electron chi connectivity index (χ4n) is 3.67. The minimum atomic E-state index is -3.01. The summed E-state index contributed by atoms with van der Waals surface area (Å²) >= 11 is 7.78. The summed E-state index contributed by atoms with van der Waals surface area (Å²) < 4.78 is 37.3. The highest BCUT2D eigenvalue weighted by molar-refractivity contribution is 8.15. The Bertz CT molecular complexity index is 1050. The minimum Gasteiger partial charge on any atom is -0.317 e. The van der Waals surface area contributed by atoms with Crippen LogP contribution in [-0.4, -0.2) is 36.4 Å². The zero-order valence-electron chi connectivity index (χ0n) is 15.5. The normalized spacial score (nSPS) is 22.8. The van der Waals surface area contributed by atoms with Gasteiger partial charge in [-0.1, -0.05) is 35.5 Å². The maximum atomic E-state index is 13.5. The van der Waals surface area contributed by atoms with Gasteiger partial charge in [0.25, 0.3) is 0 Å².